The van der Waals surface area contributed by atoms with Crippen molar-refractivity contribution in [2.45, 2.75) is 11.8 Å². The van der Waals surface area contributed by atoms with Gasteiger partial charge in [-0.1, -0.05) is 18.2 Å². The van der Waals surface area contributed by atoms with Crippen LogP contribution in [0.15, 0.2) is 59.5 Å². The highest BCUT2D eigenvalue weighted by molar-refractivity contribution is 7.89. The molecule has 0 atom stereocenters. The van der Waals surface area contributed by atoms with E-state index in [4.69, 9.17) is 4.74 Å². The first-order chi connectivity index (χ1) is 12.5. The van der Waals surface area contributed by atoms with Crippen LogP contribution in [0, 0.1) is 0 Å². The van der Waals surface area contributed by atoms with Gasteiger partial charge in [-0.15, -0.1) is 0 Å². The summed E-state index contributed by atoms with van der Waals surface area (Å²) in [7, 11) is -3.51. The number of sulfonamides is 1. The molecule has 1 amide bonds. The highest BCUT2D eigenvalue weighted by Crippen LogP contribution is 2.19. The van der Waals surface area contributed by atoms with E-state index in [0.717, 1.165) is 5.75 Å². The Morgan fingerprint density at radius 1 is 0.962 bits per heavy atom. The normalized spacial score (nSPS) is 15.7. The lowest BCUT2D eigenvalue weighted by molar-refractivity contribution is 0.0698. The van der Waals surface area contributed by atoms with Crippen molar-refractivity contribution in [3.63, 3.8) is 0 Å². The van der Waals surface area contributed by atoms with Crippen LogP contribution in [0.4, 0.5) is 0 Å². The fourth-order valence-electron chi connectivity index (χ4n) is 2.92. The summed E-state index contributed by atoms with van der Waals surface area (Å²) in [5, 5.41) is 0. The predicted octanol–water partition coefficient (Wildman–Crippen LogP) is 2.23. The quantitative estimate of drug-likeness (QED) is 0.805. The molecule has 1 heterocycles. The van der Waals surface area contributed by atoms with E-state index in [9.17, 15) is 13.2 Å². The Bertz CT molecular complexity index is 843. The number of hydrogen-bond acceptors (Lipinski definition) is 4. The fraction of sp³-hybridized carbons (Fsp3) is 0.316. The van der Waals surface area contributed by atoms with Crippen LogP contribution in [0.1, 0.15) is 17.3 Å². The zero-order valence-electron chi connectivity index (χ0n) is 14.7. The van der Waals surface area contributed by atoms with E-state index in [2.05, 4.69) is 0 Å². The largest absolute Gasteiger partial charge is 0.494 e. The summed E-state index contributed by atoms with van der Waals surface area (Å²) in [4.78, 5) is 14.6. The van der Waals surface area contributed by atoms with Crippen molar-refractivity contribution < 1.29 is 17.9 Å². The fourth-order valence-corrected chi connectivity index (χ4v) is 4.36. The Kier molecular flexibility index (Phi) is 5.58. The molecule has 6 nitrogen and oxygen atoms in total. The summed E-state index contributed by atoms with van der Waals surface area (Å²) in [6, 6.07) is 15.4. The summed E-state index contributed by atoms with van der Waals surface area (Å²) in [6.45, 7) is 3.81. The van der Waals surface area contributed by atoms with Gasteiger partial charge in [0.05, 0.1) is 11.5 Å². The maximum Gasteiger partial charge on any atom is 0.253 e. The van der Waals surface area contributed by atoms with Gasteiger partial charge < -0.3 is 9.64 Å². The Hall–Kier alpha value is -2.38. The molecule has 7 heteroatoms. The van der Waals surface area contributed by atoms with Gasteiger partial charge in [-0.25, -0.2) is 8.42 Å². The van der Waals surface area contributed by atoms with E-state index in [1.54, 1.807) is 59.5 Å². The van der Waals surface area contributed by atoms with E-state index < -0.39 is 10.0 Å². The lowest BCUT2D eigenvalue weighted by Gasteiger charge is -2.34. The summed E-state index contributed by atoms with van der Waals surface area (Å²) in [6.07, 6.45) is 0. The number of hydrogen-bond donors (Lipinski definition) is 0. The van der Waals surface area contributed by atoms with E-state index in [0.29, 0.717) is 38.3 Å². The lowest BCUT2D eigenvalue weighted by atomic mass is 10.2. The first kappa shape index (κ1) is 18.4. The van der Waals surface area contributed by atoms with Crippen LogP contribution in [-0.4, -0.2) is 56.3 Å². The van der Waals surface area contributed by atoms with Gasteiger partial charge in [0.15, 0.2) is 0 Å². The Morgan fingerprint density at radius 2 is 1.58 bits per heavy atom. The van der Waals surface area contributed by atoms with E-state index in [1.807, 2.05) is 6.92 Å². The number of carbonyl (C=O) groups excluding carboxylic acids is 1. The Morgan fingerprint density at radius 3 is 2.15 bits per heavy atom. The molecule has 1 fully saturated rings. The molecule has 2 aromatic carbocycles. The second-order valence-corrected chi connectivity index (χ2v) is 7.90. The van der Waals surface area contributed by atoms with E-state index >= 15 is 0 Å². The number of benzene rings is 2. The van der Waals surface area contributed by atoms with Crippen LogP contribution in [0.3, 0.4) is 0 Å². The second-order valence-electron chi connectivity index (χ2n) is 5.97. The smallest absolute Gasteiger partial charge is 0.253 e. The summed E-state index contributed by atoms with van der Waals surface area (Å²) in [5.41, 5.74) is 0.577. The SMILES string of the molecule is CCOc1ccc(C(=O)N2CCN(S(=O)(=O)c3ccccc3)CC2)cc1. The van der Waals surface area contributed by atoms with Crippen molar-refractivity contribution in [2.75, 3.05) is 32.8 Å². The minimum atomic E-state index is -3.51. The van der Waals surface area contributed by atoms with Crippen LogP contribution in [0.2, 0.25) is 0 Å². The third kappa shape index (κ3) is 3.89. The topological polar surface area (TPSA) is 66.9 Å². The Labute approximate surface area is 154 Å². The van der Waals surface area contributed by atoms with Gasteiger partial charge in [-0.2, -0.15) is 4.31 Å². The Balaban J connectivity index is 1.64. The van der Waals surface area contributed by atoms with Gasteiger partial charge in [-0.3, -0.25) is 4.79 Å². The van der Waals surface area contributed by atoms with Crippen molar-refractivity contribution in [3.8, 4) is 5.75 Å². The molecule has 3 rings (SSSR count). The zero-order chi connectivity index (χ0) is 18.6. The molecule has 0 radical (unpaired) electrons. The van der Waals surface area contributed by atoms with Crippen molar-refractivity contribution in [2.24, 2.45) is 0 Å². The number of nitrogens with zero attached hydrogens (tertiary/aromatic N) is 2. The highest BCUT2D eigenvalue weighted by atomic mass is 32.2. The van der Waals surface area contributed by atoms with E-state index in [-0.39, 0.29) is 10.8 Å². The molecule has 138 valence electrons. The minimum absolute atomic E-state index is 0.0928. The van der Waals surface area contributed by atoms with E-state index in [1.165, 1.54) is 4.31 Å². The average molecular weight is 374 g/mol. The molecule has 0 unspecified atom stereocenters. The zero-order valence-corrected chi connectivity index (χ0v) is 15.5. The maximum atomic E-state index is 12.6. The standard InChI is InChI=1S/C19H22N2O4S/c1-2-25-17-10-8-16(9-11-17)19(22)20-12-14-21(15-13-20)26(23,24)18-6-4-3-5-7-18/h3-11H,2,12-15H2,1H3. The third-order valence-corrected chi connectivity index (χ3v) is 6.23. The minimum Gasteiger partial charge on any atom is -0.494 e. The number of amides is 1. The molecule has 1 aliphatic heterocycles. The van der Waals surface area contributed by atoms with Crippen molar-refractivity contribution in [3.05, 3.63) is 60.2 Å². The molecule has 2 aromatic rings. The first-order valence-corrected chi connectivity index (χ1v) is 10.0. The van der Waals surface area contributed by atoms with Crippen molar-refractivity contribution in [1.82, 2.24) is 9.21 Å². The number of piperazine rings is 1. The van der Waals surface area contributed by atoms with Gasteiger partial charge in [0.25, 0.3) is 5.91 Å². The molecule has 0 aliphatic carbocycles. The number of carbonyl (C=O) groups is 1. The van der Waals surface area contributed by atoms with Gasteiger partial charge in [0.2, 0.25) is 10.0 Å². The molecule has 1 saturated heterocycles. The molecular formula is C19H22N2O4S. The average Bonchev–Trinajstić information content (AvgIpc) is 2.69. The summed E-state index contributed by atoms with van der Waals surface area (Å²) < 4.78 is 32.1. The lowest BCUT2D eigenvalue weighted by Crippen LogP contribution is -2.50. The van der Waals surface area contributed by atoms with Crippen LogP contribution < -0.4 is 4.74 Å². The van der Waals surface area contributed by atoms with Crippen LogP contribution >= 0.6 is 0 Å². The van der Waals surface area contributed by atoms with Crippen LogP contribution in [-0.2, 0) is 10.0 Å². The van der Waals surface area contributed by atoms with Crippen LogP contribution in [0.25, 0.3) is 0 Å². The van der Waals surface area contributed by atoms with Crippen LogP contribution in [0.5, 0.6) is 5.75 Å². The van der Waals surface area contributed by atoms with Gasteiger partial charge in [0.1, 0.15) is 5.75 Å². The molecule has 0 spiro atoms. The third-order valence-electron chi connectivity index (χ3n) is 4.32. The van der Waals surface area contributed by atoms with Gasteiger partial charge in [0, 0.05) is 31.7 Å². The van der Waals surface area contributed by atoms with Gasteiger partial charge >= 0.3 is 0 Å². The summed E-state index contributed by atoms with van der Waals surface area (Å²) >= 11 is 0. The summed E-state index contributed by atoms with van der Waals surface area (Å²) in [5.74, 6) is 0.632. The van der Waals surface area contributed by atoms with Gasteiger partial charge in [-0.05, 0) is 43.3 Å². The molecule has 0 bridgehead atoms. The predicted molar refractivity (Wildman–Crippen MR) is 98.7 cm³/mol. The number of ether oxygens (including phenoxy) is 1. The first-order valence-electron chi connectivity index (χ1n) is 8.59. The molecular weight excluding hydrogens is 352 g/mol. The monoisotopic (exact) mass is 374 g/mol. The number of rotatable bonds is 5. The molecule has 0 saturated carbocycles. The maximum absolute atomic E-state index is 12.6. The highest BCUT2D eigenvalue weighted by Gasteiger charge is 2.30. The molecule has 26 heavy (non-hydrogen) atoms. The molecule has 0 aromatic heterocycles. The molecule has 0 N–H and O–H groups in total. The second kappa shape index (κ2) is 7.88. The molecule has 1 aliphatic rings. The van der Waals surface area contributed by atoms with Crippen molar-refractivity contribution in [1.29, 1.82) is 0 Å². The van der Waals surface area contributed by atoms with Crippen molar-refractivity contribution >= 4 is 15.9 Å².